The van der Waals surface area contributed by atoms with Crippen molar-refractivity contribution < 1.29 is 13.6 Å². The maximum absolute atomic E-state index is 14.6. The van der Waals surface area contributed by atoms with E-state index in [1.54, 1.807) is 4.90 Å². The predicted octanol–water partition coefficient (Wildman–Crippen LogP) is 6.95. The molecule has 6 nitrogen and oxygen atoms in total. The third kappa shape index (κ3) is 4.37. The van der Waals surface area contributed by atoms with E-state index in [-0.39, 0.29) is 12.2 Å². The van der Waals surface area contributed by atoms with Gasteiger partial charge in [0.05, 0.1) is 35.3 Å². The summed E-state index contributed by atoms with van der Waals surface area (Å²) in [6.07, 6.45) is 2.63. The first-order chi connectivity index (χ1) is 18.9. The highest BCUT2D eigenvalue weighted by molar-refractivity contribution is 5.90. The number of anilines is 1. The number of nitrogens with zero attached hydrogens (tertiary/aromatic N) is 4. The summed E-state index contributed by atoms with van der Waals surface area (Å²) in [5.41, 5.74) is 5.29. The molecule has 3 aromatic carbocycles. The van der Waals surface area contributed by atoms with Crippen molar-refractivity contribution >= 4 is 11.7 Å². The van der Waals surface area contributed by atoms with Crippen LogP contribution in [0, 0.1) is 18.6 Å². The van der Waals surface area contributed by atoms with Crippen LogP contribution in [0.5, 0.6) is 0 Å². The first-order valence-electron chi connectivity index (χ1n) is 12.9. The molecule has 1 N–H and O–H groups in total. The molecular formula is C31H27F2N5O. The lowest BCUT2D eigenvalue weighted by atomic mass is 10.0. The molecule has 1 atom stereocenters. The van der Waals surface area contributed by atoms with E-state index in [4.69, 9.17) is 5.10 Å². The molecule has 1 unspecified atom stereocenters. The number of para-hydroxylation sites is 1. The number of rotatable bonds is 4. The molecule has 0 spiro atoms. The summed E-state index contributed by atoms with van der Waals surface area (Å²) < 4.78 is 32.5. The highest BCUT2D eigenvalue weighted by Gasteiger charge is 2.36. The molecule has 3 heterocycles. The summed E-state index contributed by atoms with van der Waals surface area (Å²) in [5.74, 6) is -0.490. The summed E-state index contributed by atoms with van der Waals surface area (Å²) in [5, 5.41) is 7.57. The van der Waals surface area contributed by atoms with Gasteiger partial charge in [-0.3, -0.25) is 0 Å². The zero-order chi connectivity index (χ0) is 27.1. The Morgan fingerprint density at radius 1 is 1.00 bits per heavy atom. The Bertz CT molecular complexity index is 1660. The molecule has 2 aromatic heterocycles. The fraction of sp³-hybridized carbons (Fsp3) is 0.161. The van der Waals surface area contributed by atoms with Crippen LogP contribution >= 0.6 is 0 Å². The van der Waals surface area contributed by atoms with Gasteiger partial charge in [-0.25, -0.2) is 18.3 Å². The average molecular weight is 524 g/mol. The van der Waals surface area contributed by atoms with Gasteiger partial charge in [0.2, 0.25) is 0 Å². The highest BCUT2D eigenvalue weighted by Crippen LogP contribution is 2.39. The summed E-state index contributed by atoms with van der Waals surface area (Å²) in [4.78, 5) is 15.6. The molecule has 0 fully saturated rings. The van der Waals surface area contributed by atoms with Crippen molar-refractivity contribution in [2.75, 3.05) is 5.32 Å². The van der Waals surface area contributed by atoms with Crippen LogP contribution in [0.3, 0.4) is 0 Å². The van der Waals surface area contributed by atoms with Crippen LogP contribution in [0.15, 0.2) is 91.1 Å². The number of benzene rings is 3. The Kier molecular flexibility index (Phi) is 6.23. The van der Waals surface area contributed by atoms with Gasteiger partial charge in [-0.05, 0) is 55.3 Å². The number of urea groups is 1. The minimum Gasteiger partial charge on any atom is -0.307 e. The quantitative estimate of drug-likeness (QED) is 0.277. The molecule has 6 rings (SSSR count). The van der Waals surface area contributed by atoms with E-state index < -0.39 is 23.7 Å². The van der Waals surface area contributed by atoms with Gasteiger partial charge < -0.3 is 14.8 Å². The highest BCUT2D eigenvalue weighted by atomic mass is 19.1. The molecular weight excluding hydrogens is 496 g/mol. The van der Waals surface area contributed by atoms with Gasteiger partial charge in [-0.2, -0.15) is 5.10 Å². The topological polar surface area (TPSA) is 55.1 Å². The zero-order valence-electron chi connectivity index (χ0n) is 21.6. The van der Waals surface area contributed by atoms with Gasteiger partial charge in [0.15, 0.2) is 0 Å². The van der Waals surface area contributed by atoms with Crippen LogP contribution in [0.2, 0.25) is 0 Å². The third-order valence-electron chi connectivity index (χ3n) is 7.13. The van der Waals surface area contributed by atoms with Gasteiger partial charge in [-0.15, -0.1) is 0 Å². The Morgan fingerprint density at radius 3 is 2.51 bits per heavy atom. The molecule has 39 heavy (non-hydrogen) atoms. The van der Waals surface area contributed by atoms with Crippen LogP contribution in [0.4, 0.5) is 19.3 Å². The molecule has 0 saturated carbocycles. The van der Waals surface area contributed by atoms with Crippen molar-refractivity contribution in [3.05, 3.63) is 131 Å². The summed E-state index contributed by atoms with van der Waals surface area (Å²) in [6, 6.07) is 23.8. The number of carbonyl (C=O) groups excluding carboxylic acids is 1. The Labute approximate surface area is 225 Å². The molecule has 196 valence electrons. The summed E-state index contributed by atoms with van der Waals surface area (Å²) in [6.45, 7) is 4.26. The second kappa shape index (κ2) is 9.87. The number of aryl methyl sites for hydroxylation is 2. The normalized spacial score (nSPS) is 14.5. The van der Waals surface area contributed by atoms with Crippen LogP contribution in [0.1, 0.15) is 41.0 Å². The molecule has 5 aromatic rings. The average Bonchev–Trinajstić information content (AvgIpc) is 3.53. The van der Waals surface area contributed by atoms with Crippen LogP contribution in [0.25, 0.3) is 11.5 Å². The standard InChI is InChI=1S/C31H27F2N5O/c1-3-26-24-19-37(31(39)34-27-18-22(32)15-16-25(27)33)29(21-13-11-20(2)12-14-21)28-10-7-17-36(28)30(24)38(35-26)23-8-5-4-6-9-23/h4-18,29H,3,19H2,1-2H3,(H,34,39). The number of fused-ring (bicyclic) bond motifs is 3. The largest absolute Gasteiger partial charge is 0.323 e. The number of aromatic nitrogens is 3. The minimum absolute atomic E-state index is 0.210. The molecule has 2 amide bonds. The molecule has 0 saturated heterocycles. The third-order valence-corrected chi connectivity index (χ3v) is 7.13. The van der Waals surface area contributed by atoms with Gasteiger partial charge in [0.25, 0.3) is 0 Å². The summed E-state index contributed by atoms with van der Waals surface area (Å²) in [7, 11) is 0. The second-order valence-electron chi connectivity index (χ2n) is 9.65. The maximum atomic E-state index is 14.6. The van der Waals surface area contributed by atoms with Crippen LogP contribution < -0.4 is 5.32 Å². The molecule has 8 heteroatoms. The zero-order valence-corrected chi connectivity index (χ0v) is 21.6. The molecule has 0 radical (unpaired) electrons. The Hall–Kier alpha value is -4.72. The van der Waals surface area contributed by atoms with Crippen LogP contribution in [-0.2, 0) is 13.0 Å². The van der Waals surface area contributed by atoms with Gasteiger partial charge in [-0.1, -0.05) is 55.0 Å². The van der Waals surface area contributed by atoms with E-state index in [1.165, 1.54) is 0 Å². The van der Waals surface area contributed by atoms with E-state index in [1.807, 2.05) is 91.5 Å². The van der Waals surface area contributed by atoms with Crippen molar-refractivity contribution in [1.29, 1.82) is 0 Å². The number of amides is 2. The van der Waals surface area contributed by atoms with E-state index >= 15 is 0 Å². The lowest BCUT2D eigenvalue weighted by molar-refractivity contribution is 0.194. The first-order valence-corrected chi connectivity index (χ1v) is 12.9. The fourth-order valence-corrected chi connectivity index (χ4v) is 5.23. The fourth-order valence-electron chi connectivity index (χ4n) is 5.23. The number of nitrogens with one attached hydrogen (secondary N) is 1. The van der Waals surface area contributed by atoms with E-state index in [0.29, 0.717) is 6.42 Å². The van der Waals surface area contributed by atoms with Crippen LogP contribution in [-0.4, -0.2) is 25.3 Å². The Morgan fingerprint density at radius 2 is 1.77 bits per heavy atom. The second-order valence-corrected chi connectivity index (χ2v) is 9.65. The minimum atomic E-state index is -0.707. The van der Waals surface area contributed by atoms with Gasteiger partial charge in [0.1, 0.15) is 17.5 Å². The van der Waals surface area contributed by atoms with Gasteiger partial charge >= 0.3 is 6.03 Å². The van der Waals surface area contributed by atoms with E-state index in [2.05, 4.69) is 9.88 Å². The van der Waals surface area contributed by atoms with Crippen molar-refractivity contribution in [3.63, 3.8) is 0 Å². The number of halogens is 2. The van der Waals surface area contributed by atoms with Crippen molar-refractivity contribution in [1.82, 2.24) is 19.2 Å². The van der Waals surface area contributed by atoms with E-state index in [0.717, 1.165) is 57.8 Å². The van der Waals surface area contributed by atoms with Crippen molar-refractivity contribution in [2.45, 2.75) is 32.9 Å². The van der Waals surface area contributed by atoms with Gasteiger partial charge in [0, 0.05) is 17.8 Å². The smallest absolute Gasteiger partial charge is 0.307 e. The number of hydrogen-bond acceptors (Lipinski definition) is 2. The monoisotopic (exact) mass is 523 g/mol. The molecule has 1 aliphatic rings. The van der Waals surface area contributed by atoms with E-state index in [9.17, 15) is 13.6 Å². The molecule has 0 aliphatic carbocycles. The lowest BCUT2D eigenvalue weighted by Gasteiger charge is -2.31. The predicted molar refractivity (Wildman–Crippen MR) is 146 cm³/mol. The Balaban J connectivity index is 1.55. The SMILES string of the molecule is CCc1nn(-c2ccccc2)c2c1CN(C(=O)Nc1cc(F)ccc1F)C(c1ccc(C)cc1)c1cccn1-2. The van der Waals surface area contributed by atoms with Crippen molar-refractivity contribution in [2.24, 2.45) is 0 Å². The number of carbonyl (C=O) groups is 1. The maximum Gasteiger partial charge on any atom is 0.323 e. The molecule has 1 aliphatic heterocycles. The number of hydrogen-bond donors (Lipinski definition) is 1. The van der Waals surface area contributed by atoms with Crippen molar-refractivity contribution in [3.8, 4) is 11.5 Å². The summed E-state index contributed by atoms with van der Waals surface area (Å²) >= 11 is 0. The lowest BCUT2D eigenvalue weighted by Crippen LogP contribution is -2.38. The first kappa shape index (κ1) is 24.6. The molecule has 0 bridgehead atoms.